The first-order valence-corrected chi connectivity index (χ1v) is 8.28. The van der Waals surface area contributed by atoms with Gasteiger partial charge in [0.15, 0.2) is 0 Å². The van der Waals surface area contributed by atoms with Crippen LogP contribution in [-0.4, -0.2) is 13.2 Å². The average Bonchev–Trinajstić information content (AvgIpc) is 2.54. The Bertz CT molecular complexity index is 631. The largest absolute Gasteiger partial charge is 0.494 e. The lowest BCUT2D eigenvalue weighted by Crippen LogP contribution is -2.30. The molecular weight excluding hydrogens is 270 g/mol. The van der Waals surface area contributed by atoms with E-state index in [0.717, 1.165) is 25.3 Å². The molecule has 116 valence electrons. The third kappa shape index (κ3) is 3.02. The second-order valence-electron chi connectivity index (χ2n) is 6.25. The van der Waals surface area contributed by atoms with Gasteiger partial charge < -0.3 is 10.1 Å². The first-order chi connectivity index (χ1) is 10.7. The van der Waals surface area contributed by atoms with Gasteiger partial charge in [-0.2, -0.15) is 0 Å². The first kappa shape index (κ1) is 15.1. The molecule has 2 nitrogen and oxygen atoms in total. The van der Waals surface area contributed by atoms with Crippen molar-refractivity contribution >= 4 is 0 Å². The maximum atomic E-state index is 5.63. The molecule has 1 heterocycles. The molecule has 1 atom stereocenters. The number of ether oxygens (including phenoxy) is 1. The molecule has 2 aromatic rings. The van der Waals surface area contributed by atoms with Crippen LogP contribution in [0.1, 0.15) is 55.0 Å². The highest BCUT2D eigenvalue weighted by Crippen LogP contribution is 2.31. The molecule has 2 heteroatoms. The normalized spacial score (nSPS) is 17.4. The summed E-state index contributed by atoms with van der Waals surface area (Å²) in [4.78, 5) is 0. The van der Waals surface area contributed by atoms with Crippen molar-refractivity contribution in [1.82, 2.24) is 5.32 Å². The lowest BCUT2D eigenvalue weighted by Gasteiger charge is -2.28. The Morgan fingerprint density at radius 3 is 2.59 bits per heavy atom. The van der Waals surface area contributed by atoms with Gasteiger partial charge >= 0.3 is 0 Å². The average molecular weight is 295 g/mol. The summed E-state index contributed by atoms with van der Waals surface area (Å²) in [6.07, 6.45) is 1.07. The zero-order valence-electron chi connectivity index (χ0n) is 13.7. The summed E-state index contributed by atoms with van der Waals surface area (Å²) in [7, 11) is 0. The minimum atomic E-state index is 0.292. The van der Waals surface area contributed by atoms with Crippen LogP contribution in [0.15, 0.2) is 42.5 Å². The van der Waals surface area contributed by atoms with E-state index in [9.17, 15) is 0 Å². The van der Waals surface area contributed by atoms with Gasteiger partial charge in [0.2, 0.25) is 0 Å². The van der Waals surface area contributed by atoms with Crippen molar-refractivity contribution in [2.45, 2.75) is 39.2 Å². The van der Waals surface area contributed by atoms with Crippen molar-refractivity contribution in [2.75, 3.05) is 13.2 Å². The van der Waals surface area contributed by atoms with Gasteiger partial charge in [-0.3, -0.25) is 0 Å². The molecule has 0 radical (unpaired) electrons. The summed E-state index contributed by atoms with van der Waals surface area (Å²) in [6.45, 7) is 8.23. The van der Waals surface area contributed by atoms with E-state index in [-0.39, 0.29) is 0 Å². The second kappa shape index (κ2) is 6.53. The molecular formula is C20H25NO. The van der Waals surface area contributed by atoms with Crippen molar-refractivity contribution in [2.24, 2.45) is 0 Å². The van der Waals surface area contributed by atoms with Crippen LogP contribution in [0.25, 0.3) is 0 Å². The molecule has 1 N–H and O–H groups in total. The maximum Gasteiger partial charge on any atom is 0.119 e. The van der Waals surface area contributed by atoms with Gasteiger partial charge in [-0.25, -0.2) is 0 Å². The Hall–Kier alpha value is -1.80. The molecule has 0 aliphatic carbocycles. The molecule has 0 spiro atoms. The fourth-order valence-corrected chi connectivity index (χ4v) is 3.17. The molecule has 0 aromatic heterocycles. The van der Waals surface area contributed by atoms with Crippen LogP contribution in [0.3, 0.4) is 0 Å². The molecule has 3 rings (SSSR count). The highest BCUT2D eigenvalue weighted by atomic mass is 16.5. The molecule has 22 heavy (non-hydrogen) atoms. The van der Waals surface area contributed by atoms with Crippen molar-refractivity contribution in [3.8, 4) is 5.75 Å². The van der Waals surface area contributed by atoms with Gasteiger partial charge in [0.1, 0.15) is 5.75 Å². The predicted octanol–water partition coefficient (Wildman–Crippen LogP) is 4.44. The molecule has 1 aliphatic heterocycles. The van der Waals surface area contributed by atoms with Gasteiger partial charge in [0.05, 0.1) is 12.6 Å². The molecule has 1 unspecified atom stereocenters. The van der Waals surface area contributed by atoms with Crippen LogP contribution >= 0.6 is 0 Å². The quantitative estimate of drug-likeness (QED) is 0.900. The van der Waals surface area contributed by atoms with Crippen LogP contribution < -0.4 is 10.1 Å². The van der Waals surface area contributed by atoms with E-state index < -0.39 is 0 Å². The van der Waals surface area contributed by atoms with Gasteiger partial charge in [-0.15, -0.1) is 0 Å². The number of fused-ring (bicyclic) bond motifs is 1. The van der Waals surface area contributed by atoms with Crippen LogP contribution in [-0.2, 0) is 6.42 Å². The Morgan fingerprint density at radius 1 is 1.14 bits per heavy atom. The summed E-state index contributed by atoms with van der Waals surface area (Å²) >= 11 is 0. The monoisotopic (exact) mass is 295 g/mol. The van der Waals surface area contributed by atoms with Crippen LogP contribution in [0.4, 0.5) is 0 Å². The van der Waals surface area contributed by atoms with E-state index in [1.807, 2.05) is 6.92 Å². The SMILES string of the molecule is CCOc1ccc2c(c1)CCNC2c1ccc(C(C)C)cc1. The molecule has 0 bridgehead atoms. The minimum Gasteiger partial charge on any atom is -0.494 e. The van der Waals surface area contributed by atoms with Crippen LogP contribution in [0.2, 0.25) is 0 Å². The van der Waals surface area contributed by atoms with E-state index in [2.05, 4.69) is 61.6 Å². The van der Waals surface area contributed by atoms with Gasteiger partial charge in [-0.05, 0) is 53.6 Å². The van der Waals surface area contributed by atoms with Crippen molar-refractivity contribution < 1.29 is 4.74 Å². The van der Waals surface area contributed by atoms with Crippen LogP contribution in [0, 0.1) is 0 Å². The van der Waals surface area contributed by atoms with E-state index in [4.69, 9.17) is 4.74 Å². The number of hydrogen-bond acceptors (Lipinski definition) is 2. The topological polar surface area (TPSA) is 21.3 Å². The fraction of sp³-hybridized carbons (Fsp3) is 0.400. The van der Waals surface area contributed by atoms with E-state index in [1.165, 1.54) is 22.3 Å². The molecule has 0 saturated carbocycles. The molecule has 1 aliphatic rings. The van der Waals surface area contributed by atoms with Crippen molar-refractivity contribution in [1.29, 1.82) is 0 Å². The Morgan fingerprint density at radius 2 is 1.91 bits per heavy atom. The highest BCUT2D eigenvalue weighted by molar-refractivity contribution is 5.44. The zero-order chi connectivity index (χ0) is 15.5. The highest BCUT2D eigenvalue weighted by Gasteiger charge is 2.21. The lowest BCUT2D eigenvalue weighted by atomic mass is 9.89. The van der Waals surface area contributed by atoms with Gasteiger partial charge in [0, 0.05) is 6.54 Å². The summed E-state index contributed by atoms with van der Waals surface area (Å²) in [5, 5.41) is 3.65. The Balaban J connectivity index is 1.90. The standard InChI is InChI=1S/C20H25NO/c1-4-22-18-9-10-19-17(13-18)11-12-21-20(19)16-7-5-15(6-8-16)14(2)3/h5-10,13-14,20-21H,4,11-12H2,1-3H3. The van der Waals surface area contributed by atoms with E-state index >= 15 is 0 Å². The third-order valence-corrected chi connectivity index (χ3v) is 4.42. The molecule has 0 amide bonds. The fourth-order valence-electron chi connectivity index (χ4n) is 3.17. The lowest BCUT2D eigenvalue weighted by molar-refractivity contribution is 0.339. The molecule has 2 aromatic carbocycles. The van der Waals surface area contributed by atoms with Crippen molar-refractivity contribution in [3.05, 3.63) is 64.7 Å². The summed E-state index contributed by atoms with van der Waals surface area (Å²) < 4.78 is 5.63. The summed E-state index contributed by atoms with van der Waals surface area (Å²) in [5.74, 6) is 1.56. The maximum absolute atomic E-state index is 5.63. The number of hydrogen-bond donors (Lipinski definition) is 1. The van der Waals surface area contributed by atoms with Gasteiger partial charge in [-0.1, -0.05) is 44.2 Å². The minimum absolute atomic E-state index is 0.292. The van der Waals surface area contributed by atoms with Gasteiger partial charge in [0.25, 0.3) is 0 Å². The smallest absolute Gasteiger partial charge is 0.119 e. The van der Waals surface area contributed by atoms with Crippen LogP contribution in [0.5, 0.6) is 5.75 Å². The third-order valence-electron chi connectivity index (χ3n) is 4.42. The predicted molar refractivity (Wildman–Crippen MR) is 91.7 cm³/mol. The zero-order valence-corrected chi connectivity index (χ0v) is 13.7. The summed E-state index contributed by atoms with van der Waals surface area (Å²) in [6, 6.07) is 15.8. The Kier molecular flexibility index (Phi) is 4.49. The van der Waals surface area contributed by atoms with Crippen molar-refractivity contribution in [3.63, 3.8) is 0 Å². The molecule has 0 fully saturated rings. The Labute approximate surface area is 133 Å². The number of rotatable bonds is 4. The van der Waals surface area contributed by atoms with E-state index in [1.54, 1.807) is 0 Å². The first-order valence-electron chi connectivity index (χ1n) is 8.28. The second-order valence-corrected chi connectivity index (χ2v) is 6.25. The molecule has 0 saturated heterocycles. The number of nitrogens with one attached hydrogen (secondary N) is 1. The van der Waals surface area contributed by atoms with E-state index in [0.29, 0.717) is 12.0 Å². The number of benzene rings is 2. The summed E-state index contributed by atoms with van der Waals surface area (Å²) in [5.41, 5.74) is 5.52.